The van der Waals surface area contributed by atoms with Crippen LogP contribution in [0, 0.1) is 24.2 Å². The van der Waals surface area contributed by atoms with Gasteiger partial charge in [-0.25, -0.2) is 14.6 Å². The number of urea groups is 1. The molecule has 0 spiro atoms. The van der Waals surface area contributed by atoms with Crippen molar-refractivity contribution in [1.82, 2.24) is 36.3 Å². The Morgan fingerprint density at radius 2 is 1.71 bits per heavy atom. The first-order valence-electron chi connectivity index (χ1n) is 18.7. The highest BCUT2D eigenvalue weighted by Gasteiger charge is 2.43. The van der Waals surface area contributed by atoms with Gasteiger partial charge in [-0.3, -0.25) is 20.0 Å². The number of aryl methyl sites for hydroxylation is 1. The molecule has 6 atom stereocenters. The third kappa shape index (κ3) is 12.4. The van der Waals surface area contributed by atoms with Gasteiger partial charge in [-0.1, -0.05) is 101 Å². The van der Waals surface area contributed by atoms with Crippen LogP contribution in [0.15, 0.2) is 72.8 Å². The van der Waals surface area contributed by atoms with Gasteiger partial charge in [-0.05, 0) is 60.1 Å². The number of methoxy groups -OCH3 is 1. The highest BCUT2D eigenvalue weighted by atomic mass is 35.5. The molecular weight excluding hydrogens is 722 g/mol. The average Bonchev–Trinajstić information content (AvgIpc) is 3.49. The van der Waals surface area contributed by atoms with Gasteiger partial charge in [0, 0.05) is 30.4 Å². The molecule has 0 radical (unpaired) electrons. The molecule has 55 heavy (non-hydrogen) atoms. The Hall–Kier alpha value is -4.72. The van der Waals surface area contributed by atoms with Gasteiger partial charge in [0.15, 0.2) is 0 Å². The Morgan fingerprint density at radius 1 is 1.02 bits per heavy atom. The highest BCUT2D eigenvalue weighted by Crippen LogP contribution is 2.28. The number of pyridine rings is 1. The van der Waals surface area contributed by atoms with Crippen LogP contribution in [-0.2, 0) is 33.8 Å². The summed E-state index contributed by atoms with van der Waals surface area (Å²) in [4.78, 5) is 60.1. The van der Waals surface area contributed by atoms with Gasteiger partial charge in [0.25, 0.3) is 5.91 Å². The first-order chi connectivity index (χ1) is 26.1. The summed E-state index contributed by atoms with van der Waals surface area (Å²) >= 11 is 6.16. The number of halogens is 1. The fourth-order valence-corrected chi connectivity index (χ4v) is 6.93. The number of nitrogens with zero attached hydrogens (tertiary/aromatic N) is 3. The second-order valence-electron chi connectivity index (χ2n) is 15.4. The minimum atomic E-state index is -1.19. The SMILES string of the molecule is CCC(C)C(C(=O)NC(Cc1ccccc1)C(O)CN(Cc1ccc(Cl)cc1)NC(=O)C(NC(=O)OC)C(C)(C)C)C1CNC(=O)N1Cc1cccc(C)n1. The molecule has 1 fully saturated rings. The first-order valence-corrected chi connectivity index (χ1v) is 19.1. The van der Waals surface area contributed by atoms with Gasteiger partial charge in [0.2, 0.25) is 5.91 Å². The van der Waals surface area contributed by atoms with Crippen molar-refractivity contribution in [2.24, 2.45) is 17.3 Å². The van der Waals surface area contributed by atoms with E-state index in [1.807, 2.05) is 102 Å². The number of hydrazine groups is 1. The molecular formula is C41H56ClN7O6. The molecule has 0 saturated carbocycles. The van der Waals surface area contributed by atoms with E-state index in [4.69, 9.17) is 16.3 Å². The van der Waals surface area contributed by atoms with Crippen LogP contribution in [-0.4, -0.2) is 88.4 Å². The number of carbonyl (C=O) groups excluding carboxylic acids is 4. The number of aliphatic hydroxyl groups excluding tert-OH is 1. The predicted molar refractivity (Wildman–Crippen MR) is 212 cm³/mol. The standard InChI is InChI=1S/C41H56ClN7O6/c1-8-26(2)35(33-22-43-39(53)49(33)24-31-16-12-13-27(3)44-31)37(51)45-32(21-28-14-10-9-11-15-28)34(50)25-48(23-29-17-19-30(42)20-18-29)47-38(52)36(41(4,5)6)46-40(54)55-7/h9-20,26,32-36,50H,8,21-25H2,1-7H3,(H,43,53)(H,45,51)(H,46,54)(H,47,52). The summed E-state index contributed by atoms with van der Waals surface area (Å²) < 4.78 is 4.79. The molecule has 2 heterocycles. The number of carbonyl (C=O) groups is 4. The van der Waals surface area contributed by atoms with E-state index in [0.29, 0.717) is 11.4 Å². The molecule has 298 valence electrons. The summed E-state index contributed by atoms with van der Waals surface area (Å²) in [7, 11) is 1.23. The third-order valence-corrected chi connectivity index (χ3v) is 10.3. The van der Waals surface area contributed by atoms with Crippen molar-refractivity contribution in [2.45, 2.75) is 91.7 Å². The highest BCUT2D eigenvalue weighted by molar-refractivity contribution is 6.30. The fraction of sp³-hybridized carbons (Fsp3) is 0.488. The number of benzene rings is 2. The number of nitrogens with one attached hydrogen (secondary N) is 4. The zero-order valence-corrected chi connectivity index (χ0v) is 33.6. The van der Waals surface area contributed by atoms with Crippen molar-refractivity contribution in [3.8, 4) is 0 Å². The van der Waals surface area contributed by atoms with E-state index in [-0.39, 0.29) is 50.5 Å². The Labute approximate surface area is 329 Å². The number of alkyl carbamates (subject to hydrolysis) is 1. The van der Waals surface area contributed by atoms with Crippen molar-refractivity contribution in [3.05, 3.63) is 100 Å². The Balaban J connectivity index is 1.64. The lowest BCUT2D eigenvalue weighted by molar-refractivity contribution is -0.133. The second-order valence-corrected chi connectivity index (χ2v) is 15.8. The van der Waals surface area contributed by atoms with Crippen LogP contribution in [0.2, 0.25) is 5.02 Å². The molecule has 14 heteroatoms. The van der Waals surface area contributed by atoms with E-state index in [9.17, 15) is 24.3 Å². The molecule has 4 rings (SSSR count). The molecule has 1 aromatic heterocycles. The number of amides is 5. The summed E-state index contributed by atoms with van der Waals surface area (Å²) in [6.07, 6.45) is -0.974. The number of ether oxygens (including phenoxy) is 1. The molecule has 1 aliphatic rings. The first kappa shape index (κ1) is 43.0. The van der Waals surface area contributed by atoms with E-state index in [1.54, 1.807) is 22.0 Å². The van der Waals surface area contributed by atoms with Gasteiger partial charge in [0.05, 0.1) is 43.5 Å². The molecule has 0 aliphatic carbocycles. The molecule has 1 aliphatic heterocycles. The van der Waals surface area contributed by atoms with Crippen molar-refractivity contribution >= 4 is 35.5 Å². The topological polar surface area (TPSA) is 165 Å². The normalized spacial score (nSPS) is 17.1. The molecule has 13 nitrogen and oxygen atoms in total. The maximum atomic E-state index is 14.6. The van der Waals surface area contributed by atoms with E-state index in [1.165, 1.54) is 7.11 Å². The summed E-state index contributed by atoms with van der Waals surface area (Å²) in [5.74, 6) is -1.53. The zero-order chi connectivity index (χ0) is 40.3. The van der Waals surface area contributed by atoms with Gasteiger partial charge >= 0.3 is 12.1 Å². The average molecular weight is 778 g/mol. The van der Waals surface area contributed by atoms with Crippen LogP contribution in [0.5, 0.6) is 0 Å². The second kappa shape index (κ2) is 19.7. The van der Waals surface area contributed by atoms with Crippen LogP contribution in [0.25, 0.3) is 0 Å². The quantitative estimate of drug-likeness (QED) is 0.120. The van der Waals surface area contributed by atoms with Crippen LogP contribution in [0.4, 0.5) is 9.59 Å². The van der Waals surface area contributed by atoms with E-state index in [2.05, 4.69) is 26.4 Å². The minimum absolute atomic E-state index is 0.0934. The molecule has 1 saturated heterocycles. The lowest BCUT2D eigenvalue weighted by Gasteiger charge is -2.36. The summed E-state index contributed by atoms with van der Waals surface area (Å²) in [5.41, 5.74) is 5.46. The minimum Gasteiger partial charge on any atom is -0.453 e. The largest absolute Gasteiger partial charge is 0.453 e. The van der Waals surface area contributed by atoms with Crippen molar-refractivity contribution in [3.63, 3.8) is 0 Å². The van der Waals surface area contributed by atoms with E-state index >= 15 is 0 Å². The molecule has 6 unspecified atom stereocenters. The number of hydrogen-bond donors (Lipinski definition) is 5. The molecule has 0 bridgehead atoms. The molecule has 5 N–H and O–H groups in total. The predicted octanol–water partition coefficient (Wildman–Crippen LogP) is 4.99. The van der Waals surface area contributed by atoms with Gasteiger partial charge in [-0.15, -0.1) is 0 Å². The number of aliphatic hydroxyl groups is 1. The number of rotatable bonds is 17. The molecule has 3 aromatic rings. The van der Waals surface area contributed by atoms with E-state index < -0.39 is 47.6 Å². The zero-order valence-electron chi connectivity index (χ0n) is 32.8. The van der Waals surface area contributed by atoms with Gasteiger partial charge in [-0.2, -0.15) is 0 Å². The maximum Gasteiger partial charge on any atom is 0.407 e. The smallest absolute Gasteiger partial charge is 0.407 e. The Bertz CT molecular complexity index is 1740. The Morgan fingerprint density at radius 3 is 2.33 bits per heavy atom. The lowest BCUT2D eigenvalue weighted by Crippen LogP contribution is -2.59. The van der Waals surface area contributed by atoms with Crippen molar-refractivity contribution < 1.29 is 29.0 Å². The fourth-order valence-electron chi connectivity index (χ4n) is 6.81. The van der Waals surface area contributed by atoms with E-state index in [0.717, 1.165) is 22.5 Å². The summed E-state index contributed by atoms with van der Waals surface area (Å²) in [6, 6.07) is 19.8. The number of aromatic nitrogens is 1. The molecule has 2 aromatic carbocycles. The van der Waals surface area contributed by atoms with Crippen molar-refractivity contribution in [2.75, 3.05) is 20.2 Å². The monoisotopic (exact) mass is 777 g/mol. The summed E-state index contributed by atoms with van der Waals surface area (Å²) in [6.45, 7) is 12.0. The van der Waals surface area contributed by atoms with Crippen LogP contribution in [0.1, 0.15) is 63.6 Å². The van der Waals surface area contributed by atoms with Crippen LogP contribution in [0.3, 0.4) is 0 Å². The molecule has 5 amide bonds. The van der Waals surface area contributed by atoms with Crippen LogP contribution < -0.4 is 21.4 Å². The third-order valence-electron chi connectivity index (χ3n) is 10.0. The maximum absolute atomic E-state index is 14.6. The van der Waals surface area contributed by atoms with Crippen molar-refractivity contribution in [1.29, 1.82) is 0 Å². The Kier molecular flexibility index (Phi) is 15.4. The lowest BCUT2D eigenvalue weighted by atomic mass is 9.83. The van der Waals surface area contributed by atoms with Gasteiger partial charge < -0.3 is 30.7 Å². The number of hydrogen-bond acceptors (Lipinski definition) is 8. The summed E-state index contributed by atoms with van der Waals surface area (Å²) in [5, 5.41) is 22.9. The van der Waals surface area contributed by atoms with Gasteiger partial charge in [0.1, 0.15) is 6.04 Å². The van der Waals surface area contributed by atoms with Crippen LogP contribution >= 0.6 is 11.6 Å².